The van der Waals surface area contributed by atoms with Crippen LogP contribution in [0.2, 0.25) is 5.02 Å². The molecule has 0 aromatic heterocycles. The molecule has 2 aromatic carbocycles. The molecule has 0 saturated carbocycles. The number of benzene rings is 2. The molecule has 2 aromatic rings. The van der Waals surface area contributed by atoms with Crippen LogP contribution in [0.25, 0.3) is 0 Å². The van der Waals surface area contributed by atoms with Gasteiger partial charge in [-0.3, -0.25) is 0 Å². The monoisotopic (exact) mass is 290 g/mol. The summed E-state index contributed by atoms with van der Waals surface area (Å²) in [6.45, 7) is 0. The minimum atomic E-state index is -0.176. The van der Waals surface area contributed by atoms with Crippen LogP contribution in [-0.4, -0.2) is 25.0 Å². The smallest absolute Gasteiger partial charge is 0.321 e. The topological polar surface area (TPSA) is 41.6 Å². The van der Waals surface area contributed by atoms with Crippen molar-refractivity contribution in [2.45, 2.75) is 0 Å². The van der Waals surface area contributed by atoms with Gasteiger partial charge in [0.05, 0.1) is 5.02 Å². The quantitative estimate of drug-likeness (QED) is 0.919. The number of hydrogen-bond acceptors (Lipinski definition) is 2. The average Bonchev–Trinajstić information content (AvgIpc) is 2.43. The molecular formula is C15H15ClN2O2. The zero-order valence-electron chi connectivity index (χ0n) is 11.3. The molecule has 0 unspecified atom stereocenters. The highest BCUT2D eigenvalue weighted by Gasteiger charge is 2.05. The van der Waals surface area contributed by atoms with Gasteiger partial charge in [0, 0.05) is 19.8 Å². The van der Waals surface area contributed by atoms with Crippen molar-refractivity contribution in [1.82, 2.24) is 4.90 Å². The molecule has 2 rings (SSSR count). The molecule has 5 heteroatoms. The maximum absolute atomic E-state index is 11.5. The predicted molar refractivity (Wildman–Crippen MR) is 80.7 cm³/mol. The third kappa shape index (κ3) is 3.65. The summed E-state index contributed by atoms with van der Waals surface area (Å²) in [4.78, 5) is 13.0. The van der Waals surface area contributed by atoms with E-state index in [1.165, 1.54) is 4.90 Å². The number of rotatable bonds is 3. The van der Waals surface area contributed by atoms with Gasteiger partial charge in [-0.1, -0.05) is 23.7 Å². The standard InChI is InChI=1S/C15H15ClN2O2/c1-18(2)15(19)17-11-7-9-12(10-8-11)20-14-6-4-3-5-13(14)16/h3-10H,1-2H3,(H,17,19). The number of ether oxygens (including phenoxy) is 1. The summed E-state index contributed by atoms with van der Waals surface area (Å²) >= 11 is 6.02. The number of hydrogen-bond donors (Lipinski definition) is 1. The summed E-state index contributed by atoms with van der Waals surface area (Å²) < 4.78 is 5.66. The van der Waals surface area contributed by atoms with E-state index in [-0.39, 0.29) is 6.03 Å². The van der Waals surface area contributed by atoms with Gasteiger partial charge >= 0.3 is 6.03 Å². The number of urea groups is 1. The molecule has 104 valence electrons. The molecule has 0 radical (unpaired) electrons. The minimum absolute atomic E-state index is 0.176. The zero-order chi connectivity index (χ0) is 14.5. The van der Waals surface area contributed by atoms with Crippen molar-refractivity contribution in [2.75, 3.05) is 19.4 Å². The van der Waals surface area contributed by atoms with Crippen molar-refractivity contribution >= 4 is 23.3 Å². The lowest BCUT2D eigenvalue weighted by atomic mass is 10.3. The fraction of sp³-hybridized carbons (Fsp3) is 0.133. The number of nitrogens with zero attached hydrogens (tertiary/aromatic N) is 1. The van der Waals surface area contributed by atoms with E-state index in [0.29, 0.717) is 22.2 Å². The maximum Gasteiger partial charge on any atom is 0.321 e. The molecule has 20 heavy (non-hydrogen) atoms. The van der Waals surface area contributed by atoms with E-state index in [0.717, 1.165) is 0 Å². The van der Waals surface area contributed by atoms with Gasteiger partial charge in [0.2, 0.25) is 0 Å². The molecule has 0 aliphatic rings. The van der Waals surface area contributed by atoms with Crippen molar-refractivity contribution in [1.29, 1.82) is 0 Å². The first-order chi connectivity index (χ1) is 9.56. The van der Waals surface area contributed by atoms with Crippen LogP contribution >= 0.6 is 11.6 Å². The molecule has 0 bridgehead atoms. The van der Waals surface area contributed by atoms with Crippen molar-refractivity contribution in [2.24, 2.45) is 0 Å². The number of halogens is 1. The van der Waals surface area contributed by atoms with Crippen LogP contribution in [0.5, 0.6) is 11.5 Å². The minimum Gasteiger partial charge on any atom is -0.456 e. The van der Waals surface area contributed by atoms with Gasteiger partial charge in [-0.2, -0.15) is 0 Å². The van der Waals surface area contributed by atoms with E-state index >= 15 is 0 Å². The Hall–Kier alpha value is -2.20. The van der Waals surface area contributed by atoms with Crippen LogP contribution in [0.15, 0.2) is 48.5 Å². The normalized spacial score (nSPS) is 9.95. The lowest BCUT2D eigenvalue weighted by Gasteiger charge is -2.12. The molecule has 0 saturated heterocycles. The van der Waals surface area contributed by atoms with Crippen LogP contribution in [0.3, 0.4) is 0 Å². The first kappa shape index (κ1) is 14.2. The highest BCUT2D eigenvalue weighted by atomic mass is 35.5. The van der Waals surface area contributed by atoms with Gasteiger partial charge in [0.15, 0.2) is 0 Å². The summed E-state index contributed by atoms with van der Waals surface area (Å²) in [7, 11) is 3.37. The third-order valence-electron chi connectivity index (χ3n) is 2.58. The number of para-hydroxylation sites is 1. The molecule has 0 fully saturated rings. The molecule has 0 heterocycles. The predicted octanol–water partition coefficient (Wildman–Crippen LogP) is 4.23. The Morgan fingerprint density at radius 3 is 2.35 bits per heavy atom. The van der Waals surface area contributed by atoms with E-state index < -0.39 is 0 Å². The fourth-order valence-electron chi connectivity index (χ4n) is 1.50. The molecule has 0 spiro atoms. The second-order valence-electron chi connectivity index (χ2n) is 4.38. The Kier molecular flexibility index (Phi) is 4.48. The SMILES string of the molecule is CN(C)C(=O)Nc1ccc(Oc2ccccc2Cl)cc1. The van der Waals surface area contributed by atoms with Crippen molar-refractivity contribution < 1.29 is 9.53 Å². The largest absolute Gasteiger partial charge is 0.456 e. The number of nitrogens with one attached hydrogen (secondary N) is 1. The van der Waals surface area contributed by atoms with E-state index in [1.807, 2.05) is 12.1 Å². The molecule has 2 amide bonds. The molecule has 1 N–H and O–H groups in total. The highest BCUT2D eigenvalue weighted by Crippen LogP contribution is 2.29. The van der Waals surface area contributed by atoms with Crippen LogP contribution in [0.1, 0.15) is 0 Å². The number of amides is 2. The van der Waals surface area contributed by atoms with Crippen LogP contribution in [0, 0.1) is 0 Å². The average molecular weight is 291 g/mol. The third-order valence-corrected chi connectivity index (χ3v) is 2.89. The van der Waals surface area contributed by atoms with Crippen molar-refractivity contribution in [3.63, 3.8) is 0 Å². The fourth-order valence-corrected chi connectivity index (χ4v) is 1.67. The second-order valence-corrected chi connectivity index (χ2v) is 4.79. The summed E-state index contributed by atoms with van der Waals surface area (Å²) in [5.74, 6) is 1.25. The van der Waals surface area contributed by atoms with Crippen molar-refractivity contribution in [3.05, 3.63) is 53.6 Å². The van der Waals surface area contributed by atoms with Gasteiger partial charge in [-0.15, -0.1) is 0 Å². The zero-order valence-corrected chi connectivity index (χ0v) is 12.0. The summed E-state index contributed by atoms with van der Waals surface area (Å²) in [5, 5.41) is 3.30. The number of anilines is 1. The van der Waals surface area contributed by atoms with Gasteiger partial charge in [0.25, 0.3) is 0 Å². The number of carbonyl (C=O) groups excluding carboxylic acids is 1. The van der Waals surface area contributed by atoms with Gasteiger partial charge in [0.1, 0.15) is 11.5 Å². The summed E-state index contributed by atoms with van der Waals surface area (Å²) in [5.41, 5.74) is 0.704. The first-order valence-electron chi connectivity index (χ1n) is 6.07. The van der Waals surface area contributed by atoms with Gasteiger partial charge in [-0.25, -0.2) is 4.79 Å². The van der Waals surface area contributed by atoms with E-state index in [1.54, 1.807) is 50.5 Å². The Balaban J connectivity index is 2.05. The van der Waals surface area contributed by atoms with Crippen LogP contribution in [0.4, 0.5) is 10.5 Å². The lowest BCUT2D eigenvalue weighted by molar-refractivity contribution is 0.230. The summed E-state index contributed by atoms with van der Waals surface area (Å²) in [6.07, 6.45) is 0. The van der Waals surface area contributed by atoms with E-state index in [9.17, 15) is 4.79 Å². The van der Waals surface area contributed by atoms with Crippen molar-refractivity contribution in [3.8, 4) is 11.5 Å². The maximum atomic E-state index is 11.5. The van der Waals surface area contributed by atoms with Gasteiger partial charge < -0.3 is 15.0 Å². The highest BCUT2D eigenvalue weighted by molar-refractivity contribution is 6.32. The molecule has 0 aliphatic heterocycles. The van der Waals surface area contributed by atoms with E-state index in [2.05, 4.69) is 5.32 Å². The molecule has 0 atom stereocenters. The summed E-state index contributed by atoms with van der Waals surface area (Å²) in [6, 6.07) is 14.2. The lowest BCUT2D eigenvalue weighted by Crippen LogP contribution is -2.27. The Bertz CT molecular complexity index is 597. The van der Waals surface area contributed by atoms with Crippen LogP contribution in [-0.2, 0) is 0 Å². The van der Waals surface area contributed by atoms with Crippen LogP contribution < -0.4 is 10.1 Å². The van der Waals surface area contributed by atoms with Gasteiger partial charge in [-0.05, 0) is 36.4 Å². The second kappa shape index (κ2) is 6.30. The Morgan fingerprint density at radius 2 is 1.75 bits per heavy atom. The molecule has 4 nitrogen and oxygen atoms in total. The Labute approximate surface area is 122 Å². The van der Waals surface area contributed by atoms with E-state index in [4.69, 9.17) is 16.3 Å². The number of carbonyl (C=O) groups is 1. The molecule has 0 aliphatic carbocycles. The Morgan fingerprint density at radius 1 is 1.10 bits per heavy atom. The first-order valence-corrected chi connectivity index (χ1v) is 6.45. The molecular weight excluding hydrogens is 276 g/mol.